The number of aromatic amines is 1. The van der Waals surface area contributed by atoms with E-state index < -0.39 is 0 Å². The molecule has 0 bridgehead atoms. The molecule has 3 unspecified atom stereocenters. The van der Waals surface area contributed by atoms with Gasteiger partial charge < -0.3 is 9.55 Å². The third-order valence-corrected chi connectivity index (χ3v) is 5.19. The van der Waals surface area contributed by atoms with Gasteiger partial charge in [-0.2, -0.15) is 5.26 Å². The number of aromatic nitrogens is 2. The lowest BCUT2D eigenvalue weighted by Crippen LogP contribution is -2.15. The molecule has 0 saturated heterocycles. The summed E-state index contributed by atoms with van der Waals surface area (Å²) in [6.45, 7) is 4.60. The van der Waals surface area contributed by atoms with Crippen molar-refractivity contribution in [3.63, 3.8) is 0 Å². The van der Waals surface area contributed by atoms with E-state index in [0.717, 1.165) is 21.7 Å². The lowest BCUT2D eigenvalue weighted by atomic mass is 9.93. The summed E-state index contributed by atoms with van der Waals surface area (Å²) in [5.74, 6) is 1.42. The Hall–Kier alpha value is -1.60. The number of rotatable bonds is 2. The molecule has 0 spiro atoms. The minimum Gasteiger partial charge on any atom is -0.331 e. The fourth-order valence-corrected chi connectivity index (χ4v) is 4.03. The molecule has 20 heavy (non-hydrogen) atoms. The normalized spacial score (nSPS) is 25.9. The van der Waals surface area contributed by atoms with Crippen LogP contribution in [-0.2, 0) is 0 Å². The van der Waals surface area contributed by atoms with Crippen LogP contribution in [0.25, 0.3) is 11.0 Å². The van der Waals surface area contributed by atoms with Gasteiger partial charge >= 0.3 is 0 Å². The lowest BCUT2D eigenvalue weighted by molar-refractivity contribution is 0.332. The molecule has 104 valence electrons. The molecule has 4 heteroatoms. The Labute approximate surface area is 124 Å². The monoisotopic (exact) mass is 285 g/mol. The number of benzene rings is 1. The molecule has 1 fully saturated rings. The van der Waals surface area contributed by atoms with Gasteiger partial charge in [-0.1, -0.05) is 20.3 Å². The standard InChI is InChI=1S/C16H19N3S/c1-3-12-5-7-14(10(12)2)19-15-8-11(9-17)4-6-13(15)18-16(19)20/h4,6,8,10,12,14H,3,5,7H2,1-2H3,(H,18,20). The minimum absolute atomic E-state index is 0.454. The zero-order chi connectivity index (χ0) is 14.3. The van der Waals surface area contributed by atoms with Gasteiger partial charge in [-0.3, -0.25) is 0 Å². The Balaban J connectivity index is 2.14. The number of hydrogen-bond acceptors (Lipinski definition) is 2. The quantitative estimate of drug-likeness (QED) is 0.822. The van der Waals surface area contributed by atoms with Crippen molar-refractivity contribution >= 4 is 23.3 Å². The molecular formula is C16H19N3S. The number of nitriles is 1. The average Bonchev–Trinajstić information content (AvgIpc) is 2.97. The third kappa shape index (κ3) is 1.97. The van der Waals surface area contributed by atoms with Crippen molar-refractivity contribution in [3.8, 4) is 6.07 Å². The highest BCUT2D eigenvalue weighted by molar-refractivity contribution is 7.71. The van der Waals surface area contributed by atoms with Gasteiger partial charge in [-0.15, -0.1) is 0 Å². The molecule has 1 N–H and O–H groups in total. The van der Waals surface area contributed by atoms with Gasteiger partial charge in [0.05, 0.1) is 22.7 Å². The molecule has 0 radical (unpaired) electrons. The van der Waals surface area contributed by atoms with Gasteiger partial charge in [0, 0.05) is 6.04 Å². The van der Waals surface area contributed by atoms with Crippen LogP contribution in [-0.4, -0.2) is 9.55 Å². The maximum Gasteiger partial charge on any atom is 0.178 e. The van der Waals surface area contributed by atoms with Crippen LogP contribution in [0.15, 0.2) is 18.2 Å². The molecule has 3 atom stereocenters. The van der Waals surface area contributed by atoms with E-state index in [0.29, 0.717) is 17.5 Å². The van der Waals surface area contributed by atoms with Crippen LogP contribution >= 0.6 is 12.2 Å². The summed E-state index contributed by atoms with van der Waals surface area (Å²) >= 11 is 5.52. The second-order valence-corrected chi connectivity index (χ2v) is 6.20. The molecule has 0 aliphatic heterocycles. The second kappa shape index (κ2) is 5.06. The van der Waals surface area contributed by atoms with E-state index in [9.17, 15) is 0 Å². The average molecular weight is 285 g/mol. The molecule has 3 nitrogen and oxygen atoms in total. The third-order valence-electron chi connectivity index (χ3n) is 4.89. The predicted octanol–water partition coefficient (Wildman–Crippen LogP) is 4.57. The number of nitrogens with one attached hydrogen (secondary N) is 1. The fourth-order valence-electron chi connectivity index (χ4n) is 3.69. The van der Waals surface area contributed by atoms with Crippen molar-refractivity contribution < 1.29 is 0 Å². The van der Waals surface area contributed by atoms with Crippen molar-refractivity contribution in [3.05, 3.63) is 28.5 Å². The van der Waals surface area contributed by atoms with Crippen LogP contribution in [0.4, 0.5) is 0 Å². The van der Waals surface area contributed by atoms with Crippen LogP contribution in [0.1, 0.15) is 44.7 Å². The Kier molecular flexibility index (Phi) is 3.39. The van der Waals surface area contributed by atoms with Crippen LogP contribution in [0.2, 0.25) is 0 Å². The number of fused-ring (bicyclic) bond motifs is 1. The van der Waals surface area contributed by atoms with E-state index in [1.165, 1.54) is 19.3 Å². The largest absolute Gasteiger partial charge is 0.331 e. The Morgan fingerprint density at radius 3 is 2.90 bits per heavy atom. The van der Waals surface area contributed by atoms with E-state index in [2.05, 4.69) is 29.5 Å². The van der Waals surface area contributed by atoms with Gasteiger partial charge in [0.25, 0.3) is 0 Å². The van der Waals surface area contributed by atoms with E-state index in [4.69, 9.17) is 17.5 Å². The molecule has 3 rings (SSSR count). The van der Waals surface area contributed by atoms with Gasteiger partial charge in [0.15, 0.2) is 4.77 Å². The van der Waals surface area contributed by atoms with Gasteiger partial charge in [-0.05, 0) is 55.1 Å². The first kappa shape index (κ1) is 13.4. The first-order valence-electron chi connectivity index (χ1n) is 7.30. The van der Waals surface area contributed by atoms with Gasteiger partial charge in [0.1, 0.15) is 0 Å². The van der Waals surface area contributed by atoms with Crippen molar-refractivity contribution in [1.29, 1.82) is 5.26 Å². The maximum absolute atomic E-state index is 9.10. The summed E-state index contributed by atoms with van der Waals surface area (Å²) in [7, 11) is 0. The molecule has 1 heterocycles. The molecule has 1 aliphatic carbocycles. The molecule has 1 aromatic carbocycles. The summed E-state index contributed by atoms with van der Waals surface area (Å²) in [5.41, 5.74) is 2.79. The molecular weight excluding hydrogens is 266 g/mol. The van der Waals surface area contributed by atoms with Gasteiger partial charge in [0.2, 0.25) is 0 Å². The number of hydrogen-bond donors (Lipinski definition) is 1. The zero-order valence-electron chi connectivity index (χ0n) is 11.9. The highest BCUT2D eigenvalue weighted by Gasteiger charge is 2.33. The summed E-state index contributed by atoms with van der Waals surface area (Å²) in [6, 6.07) is 8.42. The topological polar surface area (TPSA) is 44.5 Å². The van der Waals surface area contributed by atoms with Crippen LogP contribution in [0, 0.1) is 27.9 Å². The molecule has 1 saturated carbocycles. The second-order valence-electron chi connectivity index (χ2n) is 5.82. The summed E-state index contributed by atoms with van der Waals surface area (Å²) in [6.07, 6.45) is 3.68. The number of nitrogens with zero attached hydrogens (tertiary/aromatic N) is 2. The Bertz CT molecular complexity index is 734. The van der Waals surface area contributed by atoms with Crippen molar-refractivity contribution in [2.45, 2.75) is 39.2 Å². The Morgan fingerprint density at radius 1 is 1.45 bits per heavy atom. The molecule has 2 aromatic rings. The molecule has 1 aliphatic rings. The van der Waals surface area contributed by atoms with Crippen molar-refractivity contribution in [2.75, 3.05) is 0 Å². The van der Waals surface area contributed by atoms with Gasteiger partial charge in [-0.25, -0.2) is 0 Å². The van der Waals surface area contributed by atoms with Crippen molar-refractivity contribution in [2.24, 2.45) is 11.8 Å². The van der Waals surface area contributed by atoms with Crippen LogP contribution in [0.3, 0.4) is 0 Å². The first-order valence-corrected chi connectivity index (χ1v) is 7.71. The highest BCUT2D eigenvalue weighted by Crippen LogP contribution is 2.43. The Morgan fingerprint density at radius 2 is 2.25 bits per heavy atom. The predicted molar refractivity (Wildman–Crippen MR) is 83.1 cm³/mol. The highest BCUT2D eigenvalue weighted by atomic mass is 32.1. The SMILES string of the molecule is CCC1CCC(n2c(=S)[nH]c3ccc(C#N)cc32)C1C. The van der Waals surface area contributed by atoms with E-state index >= 15 is 0 Å². The van der Waals surface area contributed by atoms with E-state index in [1.54, 1.807) is 0 Å². The summed E-state index contributed by atoms with van der Waals surface area (Å²) < 4.78 is 3.02. The smallest absolute Gasteiger partial charge is 0.178 e. The first-order chi connectivity index (χ1) is 9.65. The maximum atomic E-state index is 9.10. The van der Waals surface area contributed by atoms with Crippen molar-refractivity contribution in [1.82, 2.24) is 9.55 Å². The molecule has 0 amide bonds. The van der Waals surface area contributed by atoms with Crippen LogP contribution < -0.4 is 0 Å². The van der Waals surface area contributed by atoms with E-state index in [1.807, 2.05) is 18.2 Å². The van der Waals surface area contributed by atoms with Crippen LogP contribution in [0.5, 0.6) is 0 Å². The lowest BCUT2D eigenvalue weighted by Gasteiger charge is -2.21. The zero-order valence-corrected chi connectivity index (χ0v) is 12.7. The summed E-state index contributed by atoms with van der Waals surface area (Å²) in [4.78, 5) is 3.28. The van der Waals surface area contributed by atoms with E-state index in [-0.39, 0.29) is 0 Å². The number of imidazole rings is 1. The fraction of sp³-hybridized carbons (Fsp3) is 0.500. The minimum atomic E-state index is 0.454. The molecule has 1 aromatic heterocycles. The summed E-state index contributed by atoms with van der Waals surface area (Å²) in [5, 5.41) is 9.10. The number of H-pyrrole nitrogens is 1.